The molecular weight excluding hydrogens is 168 g/mol. The van der Waals surface area contributed by atoms with Crippen LogP contribution >= 0.6 is 0 Å². The van der Waals surface area contributed by atoms with Gasteiger partial charge in [-0.25, -0.2) is 0 Å². The maximum Gasteiger partial charge on any atom is 0.306 e. The molecule has 0 heterocycles. The van der Waals surface area contributed by atoms with E-state index in [9.17, 15) is 9.59 Å². The van der Waals surface area contributed by atoms with Crippen LogP contribution < -0.4 is 0 Å². The van der Waals surface area contributed by atoms with Crippen molar-refractivity contribution in [2.45, 2.75) is 45.4 Å². The Labute approximate surface area is 79.1 Å². The number of hydrogen-bond donors (Lipinski definition) is 1. The molecular formula is C10H18O3. The first-order valence-electron chi connectivity index (χ1n) is 4.88. The first kappa shape index (κ1) is 12.1. The quantitative estimate of drug-likeness (QED) is 0.467. The summed E-state index contributed by atoms with van der Waals surface area (Å²) in [4.78, 5) is 20.8. The summed E-state index contributed by atoms with van der Waals surface area (Å²) in [5.41, 5.74) is 0. The Balaban J connectivity index is 3.66. The van der Waals surface area contributed by atoms with Gasteiger partial charge < -0.3 is 9.90 Å². The number of carboxylic acid groups (broad SMARTS) is 1. The van der Waals surface area contributed by atoms with Crippen LogP contribution in [0.3, 0.4) is 0 Å². The number of aldehydes is 1. The number of unbranched alkanes of at least 4 members (excludes halogenated alkanes) is 2. The molecule has 0 radical (unpaired) electrons. The number of aliphatic carboxylic acids is 1. The van der Waals surface area contributed by atoms with Gasteiger partial charge in [-0.2, -0.15) is 0 Å². The largest absolute Gasteiger partial charge is 0.481 e. The maximum atomic E-state index is 10.7. The van der Waals surface area contributed by atoms with Crippen molar-refractivity contribution in [3.8, 4) is 0 Å². The normalized spacial score (nSPS) is 12.4. The topological polar surface area (TPSA) is 54.4 Å². The third-order valence-corrected chi connectivity index (χ3v) is 2.14. The van der Waals surface area contributed by atoms with E-state index in [1.807, 2.05) is 0 Å². The highest BCUT2D eigenvalue weighted by Crippen LogP contribution is 2.15. The van der Waals surface area contributed by atoms with Gasteiger partial charge in [0, 0.05) is 6.42 Å². The second kappa shape index (κ2) is 7.77. The predicted octanol–water partition coefficient (Wildman–Crippen LogP) is 2.25. The van der Waals surface area contributed by atoms with Crippen molar-refractivity contribution in [2.75, 3.05) is 0 Å². The SMILES string of the molecule is CCCCCC(CCC=O)C(=O)O. The number of rotatable bonds is 8. The molecule has 1 unspecified atom stereocenters. The number of hydrogen-bond acceptors (Lipinski definition) is 2. The van der Waals surface area contributed by atoms with Crippen LogP contribution in [-0.2, 0) is 9.59 Å². The molecule has 0 saturated heterocycles. The maximum absolute atomic E-state index is 10.7. The second-order valence-corrected chi connectivity index (χ2v) is 3.27. The van der Waals surface area contributed by atoms with E-state index < -0.39 is 5.97 Å². The van der Waals surface area contributed by atoms with Gasteiger partial charge in [0.2, 0.25) is 0 Å². The van der Waals surface area contributed by atoms with Gasteiger partial charge in [-0.05, 0) is 12.8 Å². The van der Waals surface area contributed by atoms with Crippen LogP contribution in [-0.4, -0.2) is 17.4 Å². The molecule has 0 aromatic heterocycles. The lowest BCUT2D eigenvalue weighted by Crippen LogP contribution is -2.13. The Morgan fingerprint density at radius 3 is 2.54 bits per heavy atom. The smallest absolute Gasteiger partial charge is 0.306 e. The summed E-state index contributed by atoms with van der Waals surface area (Å²) in [5.74, 6) is -1.09. The first-order valence-corrected chi connectivity index (χ1v) is 4.88. The van der Waals surface area contributed by atoms with Crippen molar-refractivity contribution < 1.29 is 14.7 Å². The van der Waals surface area contributed by atoms with Gasteiger partial charge in [-0.15, -0.1) is 0 Å². The zero-order valence-electron chi connectivity index (χ0n) is 8.16. The van der Waals surface area contributed by atoms with Crippen LogP contribution in [0.4, 0.5) is 0 Å². The number of carbonyl (C=O) groups excluding carboxylic acids is 1. The number of carbonyl (C=O) groups is 2. The highest BCUT2D eigenvalue weighted by molar-refractivity contribution is 5.70. The molecule has 13 heavy (non-hydrogen) atoms. The van der Waals surface area contributed by atoms with Gasteiger partial charge in [0.05, 0.1) is 5.92 Å². The summed E-state index contributed by atoms with van der Waals surface area (Å²) in [5, 5.41) is 8.78. The van der Waals surface area contributed by atoms with E-state index in [0.29, 0.717) is 19.3 Å². The van der Waals surface area contributed by atoms with Gasteiger partial charge in [-0.3, -0.25) is 4.79 Å². The molecule has 0 saturated carbocycles. The zero-order chi connectivity index (χ0) is 10.1. The van der Waals surface area contributed by atoms with E-state index >= 15 is 0 Å². The van der Waals surface area contributed by atoms with Crippen molar-refractivity contribution in [2.24, 2.45) is 5.92 Å². The highest BCUT2D eigenvalue weighted by atomic mass is 16.4. The minimum absolute atomic E-state index is 0.322. The molecule has 0 rings (SSSR count). The molecule has 3 heteroatoms. The van der Waals surface area contributed by atoms with E-state index in [4.69, 9.17) is 5.11 Å². The van der Waals surface area contributed by atoms with Crippen LogP contribution in [0.2, 0.25) is 0 Å². The van der Waals surface area contributed by atoms with Crippen molar-refractivity contribution in [1.82, 2.24) is 0 Å². The van der Waals surface area contributed by atoms with Crippen molar-refractivity contribution >= 4 is 12.3 Å². The van der Waals surface area contributed by atoms with E-state index in [2.05, 4.69) is 6.92 Å². The van der Waals surface area contributed by atoms with Gasteiger partial charge in [0.15, 0.2) is 0 Å². The fourth-order valence-corrected chi connectivity index (χ4v) is 1.30. The van der Waals surface area contributed by atoms with Crippen LogP contribution in [0.5, 0.6) is 0 Å². The Hall–Kier alpha value is -0.860. The average Bonchev–Trinajstić information content (AvgIpc) is 2.10. The predicted molar refractivity (Wildman–Crippen MR) is 50.6 cm³/mol. The Morgan fingerprint density at radius 1 is 1.38 bits per heavy atom. The van der Waals surface area contributed by atoms with E-state index in [-0.39, 0.29) is 5.92 Å². The summed E-state index contributed by atoms with van der Waals surface area (Å²) < 4.78 is 0. The molecule has 0 fully saturated rings. The molecule has 0 aliphatic rings. The molecule has 0 amide bonds. The lowest BCUT2D eigenvalue weighted by Gasteiger charge is -2.09. The van der Waals surface area contributed by atoms with Gasteiger partial charge >= 0.3 is 5.97 Å². The molecule has 0 aliphatic carbocycles. The lowest BCUT2D eigenvalue weighted by atomic mass is 9.97. The molecule has 0 spiro atoms. The fraction of sp³-hybridized carbons (Fsp3) is 0.800. The van der Waals surface area contributed by atoms with E-state index in [1.54, 1.807) is 0 Å². The minimum Gasteiger partial charge on any atom is -0.481 e. The Kier molecular flexibility index (Phi) is 7.26. The minimum atomic E-state index is -0.766. The molecule has 0 aliphatic heterocycles. The van der Waals surface area contributed by atoms with Crippen LogP contribution in [0.15, 0.2) is 0 Å². The molecule has 0 aromatic rings. The van der Waals surface area contributed by atoms with Crippen molar-refractivity contribution in [3.63, 3.8) is 0 Å². The van der Waals surface area contributed by atoms with Crippen LogP contribution in [0, 0.1) is 5.92 Å². The molecule has 0 aromatic carbocycles. The van der Waals surface area contributed by atoms with Gasteiger partial charge in [0.25, 0.3) is 0 Å². The zero-order valence-corrected chi connectivity index (χ0v) is 8.16. The van der Waals surface area contributed by atoms with E-state index in [0.717, 1.165) is 25.5 Å². The Bertz CT molecular complexity index is 154. The molecule has 76 valence electrons. The summed E-state index contributed by atoms with van der Waals surface area (Å²) in [7, 11) is 0. The molecule has 1 atom stereocenters. The van der Waals surface area contributed by atoms with Gasteiger partial charge in [0.1, 0.15) is 6.29 Å². The molecule has 1 N–H and O–H groups in total. The molecule has 0 bridgehead atoms. The Morgan fingerprint density at radius 2 is 2.08 bits per heavy atom. The fourth-order valence-electron chi connectivity index (χ4n) is 1.30. The highest BCUT2D eigenvalue weighted by Gasteiger charge is 2.15. The second-order valence-electron chi connectivity index (χ2n) is 3.27. The summed E-state index contributed by atoms with van der Waals surface area (Å²) in [6, 6.07) is 0. The van der Waals surface area contributed by atoms with E-state index in [1.165, 1.54) is 0 Å². The van der Waals surface area contributed by atoms with Crippen molar-refractivity contribution in [3.05, 3.63) is 0 Å². The average molecular weight is 186 g/mol. The third kappa shape index (κ3) is 6.31. The number of carboxylic acids is 1. The van der Waals surface area contributed by atoms with Crippen LogP contribution in [0.25, 0.3) is 0 Å². The summed E-state index contributed by atoms with van der Waals surface area (Å²) in [6.45, 7) is 2.08. The third-order valence-electron chi connectivity index (χ3n) is 2.14. The first-order chi connectivity index (χ1) is 6.22. The summed E-state index contributed by atoms with van der Waals surface area (Å²) in [6.07, 6.45) is 5.47. The van der Waals surface area contributed by atoms with Crippen molar-refractivity contribution in [1.29, 1.82) is 0 Å². The lowest BCUT2D eigenvalue weighted by molar-refractivity contribution is -0.142. The monoisotopic (exact) mass is 186 g/mol. The summed E-state index contributed by atoms with van der Waals surface area (Å²) >= 11 is 0. The molecule has 3 nitrogen and oxygen atoms in total. The van der Waals surface area contributed by atoms with Crippen LogP contribution in [0.1, 0.15) is 45.4 Å². The standard InChI is InChI=1S/C10H18O3/c1-2-3-4-6-9(10(12)13)7-5-8-11/h8-9H,2-7H2,1H3,(H,12,13). The van der Waals surface area contributed by atoms with Gasteiger partial charge in [-0.1, -0.05) is 26.2 Å².